The summed E-state index contributed by atoms with van der Waals surface area (Å²) in [6.45, 7) is 4.28. The van der Waals surface area contributed by atoms with Crippen molar-refractivity contribution >= 4 is 0 Å². The summed E-state index contributed by atoms with van der Waals surface area (Å²) >= 11 is 0. The first-order valence-corrected chi connectivity index (χ1v) is 10.0. The quantitative estimate of drug-likeness (QED) is 0.323. The van der Waals surface area contributed by atoms with Crippen LogP contribution in [0.5, 0.6) is 0 Å². The molecule has 0 heterocycles. The van der Waals surface area contributed by atoms with Crippen LogP contribution >= 0.6 is 0 Å². The third-order valence-corrected chi connectivity index (χ3v) is 4.86. The molecule has 0 spiro atoms. The molecule has 2 rings (SSSR count). The Bertz CT molecular complexity index is 370. The van der Waals surface area contributed by atoms with E-state index in [9.17, 15) is 0 Å². The minimum absolute atomic E-state index is 1.08. The molecule has 0 aliphatic heterocycles. The van der Waals surface area contributed by atoms with Gasteiger partial charge in [0.1, 0.15) is 0 Å². The summed E-state index contributed by atoms with van der Waals surface area (Å²) in [6, 6.07) is 10.9. The van der Waals surface area contributed by atoms with E-state index >= 15 is 0 Å². The molecule has 0 nitrogen and oxygen atoms in total. The first kappa shape index (κ1) is 20.0. The Hall–Kier alpha value is -1.04. The van der Waals surface area contributed by atoms with Crippen molar-refractivity contribution in [2.75, 3.05) is 0 Å². The van der Waals surface area contributed by atoms with Crippen LogP contribution in [-0.4, -0.2) is 0 Å². The zero-order valence-corrected chi connectivity index (χ0v) is 15.6. The van der Waals surface area contributed by atoms with E-state index < -0.39 is 0 Å². The summed E-state index contributed by atoms with van der Waals surface area (Å²) in [5.41, 5.74) is 1.50. The third kappa shape index (κ3) is 11.2. The summed E-state index contributed by atoms with van der Waals surface area (Å²) in [6.07, 6.45) is 21.3. The van der Waals surface area contributed by atoms with Gasteiger partial charge in [-0.05, 0) is 37.7 Å². The van der Waals surface area contributed by atoms with Crippen LogP contribution in [-0.2, 0) is 6.42 Å². The van der Waals surface area contributed by atoms with Crippen LogP contribution in [0.25, 0.3) is 0 Å². The highest BCUT2D eigenvalue weighted by Gasteiger charge is 2.13. The Morgan fingerprint density at radius 3 is 2.35 bits per heavy atom. The minimum Gasteiger partial charge on any atom is -0.0917 e. The first-order valence-electron chi connectivity index (χ1n) is 10.0. The van der Waals surface area contributed by atoms with Gasteiger partial charge >= 0.3 is 0 Å². The van der Waals surface area contributed by atoms with E-state index in [1.165, 1.54) is 82.6 Å². The lowest BCUT2D eigenvalue weighted by molar-refractivity contribution is 0.468. The van der Waals surface area contributed by atoms with Gasteiger partial charge in [0.15, 0.2) is 0 Å². The third-order valence-electron chi connectivity index (χ3n) is 4.86. The van der Waals surface area contributed by atoms with Crippen molar-refractivity contribution in [3.63, 3.8) is 0 Å². The number of hydrogen-bond acceptors (Lipinski definition) is 0. The summed E-state index contributed by atoms with van der Waals surface area (Å²) in [7, 11) is 0. The molecule has 23 heavy (non-hydrogen) atoms. The molecule has 0 amide bonds. The Morgan fingerprint density at radius 2 is 1.70 bits per heavy atom. The zero-order chi connectivity index (χ0) is 16.6. The molecule has 0 heteroatoms. The van der Waals surface area contributed by atoms with Gasteiger partial charge in [0.05, 0.1) is 0 Å². The Morgan fingerprint density at radius 1 is 0.957 bits per heavy atom. The Labute approximate surface area is 145 Å². The number of hydrogen-bond donors (Lipinski definition) is 0. The average Bonchev–Trinajstić information content (AvgIpc) is 3.10. The predicted molar refractivity (Wildman–Crippen MR) is 105 cm³/mol. The zero-order valence-electron chi connectivity index (χ0n) is 15.6. The van der Waals surface area contributed by atoms with Gasteiger partial charge in [0.2, 0.25) is 0 Å². The Kier molecular flexibility index (Phi) is 12.7. The van der Waals surface area contributed by atoms with Gasteiger partial charge in [-0.15, -0.1) is 0 Å². The summed E-state index contributed by atoms with van der Waals surface area (Å²) in [5, 5.41) is 0. The lowest BCUT2D eigenvalue weighted by Crippen LogP contribution is -1.93. The molecule has 0 aromatic heterocycles. The summed E-state index contributed by atoms with van der Waals surface area (Å²) in [5.74, 6) is 1.08. The second-order valence-electron chi connectivity index (χ2n) is 6.95. The topological polar surface area (TPSA) is 0 Å². The van der Waals surface area contributed by atoms with Crippen LogP contribution in [0, 0.1) is 5.92 Å². The van der Waals surface area contributed by atoms with Gasteiger partial charge in [-0.3, -0.25) is 0 Å². The molecular weight excluding hydrogens is 276 g/mol. The normalized spacial score (nSPS) is 14.9. The van der Waals surface area contributed by atoms with Crippen LogP contribution in [0.1, 0.15) is 90.0 Å². The second-order valence-corrected chi connectivity index (χ2v) is 6.95. The molecule has 0 saturated heterocycles. The molecule has 1 aliphatic carbocycles. The fourth-order valence-electron chi connectivity index (χ4n) is 3.37. The predicted octanol–water partition coefficient (Wildman–Crippen LogP) is 7.73. The van der Waals surface area contributed by atoms with Crippen LogP contribution in [0.2, 0.25) is 0 Å². The molecule has 0 bridgehead atoms. The van der Waals surface area contributed by atoms with Gasteiger partial charge in [-0.25, -0.2) is 0 Å². The molecule has 0 radical (unpaired) electrons. The van der Waals surface area contributed by atoms with Gasteiger partial charge < -0.3 is 0 Å². The van der Waals surface area contributed by atoms with E-state index in [0.717, 1.165) is 5.92 Å². The molecule has 1 fully saturated rings. The molecule has 0 atom stereocenters. The van der Waals surface area contributed by atoms with Crippen molar-refractivity contribution in [1.82, 2.24) is 0 Å². The lowest BCUT2D eigenvalue weighted by atomic mass is 9.98. The van der Waals surface area contributed by atoms with E-state index in [4.69, 9.17) is 0 Å². The number of benzene rings is 1. The van der Waals surface area contributed by atoms with Crippen molar-refractivity contribution in [3.05, 3.63) is 48.0 Å². The van der Waals surface area contributed by atoms with Crippen LogP contribution in [0.4, 0.5) is 0 Å². The molecule has 1 saturated carbocycles. The van der Waals surface area contributed by atoms with E-state index in [-0.39, 0.29) is 0 Å². The van der Waals surface area contributed by atoms with Gasteiger partial charge in [0, 0.05) is 0 Å². The molecule has 1 aromatic carbocycles. The van der Waals surface area contributed by atoms with Crippen LogP contribution in [0.3, 0.4) is 0 Å². The highest BCUT2D eigenvalue weighted by atomic mass is 14.2. The number of allylic oxidation sites excluding steroid dienone is 2. The fraction of sp³-hybridized carbons (Fsp3) is 0.652. The summed E-state index contributed by atoms with van der Waals surface area (Å²) in [4.78, 5) is 0. The van der Waals surface area contributed by atoms with Crippen LogP contribution < -0.4 is 0 Å². The monoisotopic (exact) mass is 314 g/mol. The highest BCUT2D eigenvalue weighted by Crippen LogP contribution is 2.29. The minimum atomic E-state index is 1.08. The molecular formula is C23H38. The molecule has 130 valence electrons. The van der Waals surface area contributed by atoms with Crippen molar-refractivity contribution in [3.8, 4) is 0 Å². The maximum Gasteiger partial charge on any atom is -0.0279 e. The van der Waals surface area contributed by atoms with Crippen molar-refractivity contribution in [1.29, 1.82) is 0 Å². The van der Waals surface area contributed by atoms with Gasteiger partial charge in [0.25, 0.3) is 0 Å². The fourth-order valence-corrected chi connectivity index (χ4v) is 3.37. The Balaban J connectivity index is 0.000000322. The van der Waals surface area contributed by atoms with Crippen molar-refractivity contribution < 1.29 is 0 Å². The van der Waals surface area contributed by atoms with Crippen LogP contribution in [0.15, 0.2) is 42.5 Å². The molecule has 1 aliphatic rings. The summed E-state index contributed by atoms with van der Waals surface area (Å²) < 4.78 is 0. The second kappa shape index (κ2) is 14.5. The van der Waals surface area contributed by atoms with Crippen molar-refractivity contribution in [2.45, 2.75) is 90.9 Å². The van der Waals surface area contributed by atoms with Gasteiger partial charge in [-0.1, -0.05) is 107 Å². The molecule has 0 unspecified atom stereocenters. The number of aryl methyl sites for hydroxylation is 1. The molecule has 0 N–H and O–H groups in total. The maximum absolute atomic E-state index is 2.25. The van der Waals surface area contributed by atoms with Gasteiger partial charge in [-0.2, -0.15) is 0 Å². The van der Waals surface area contributed by atoms with E-state index in [2.05, 4.69) is 56.3 Å². The molecule has 1 aromatic rings. The largest absolute Gasteiger partial charge is 0.0917 e. The number of unbranched alkanes of at least 4 members (excludes halogenated alkanes) is 4. The smallest absolute Gasteiger partial charge is 0.0279 e. The standard InChI is InChI=1S/C16H24.C7H14/c1-3-9-15(10-4-1)11-5-2-6-12-16-13-7-8-14-16;1-3-5-7-6-4-2/h1,3-4,9-10,16H,2,5-8,11-14H2;3,5H,4,6-7H2,1-2H3/b;5-3-. The first-order chi connectivity index (χ1) is 11.4. The van der Waals surface area contributed by atoms with E-state index in [1.54, 1.807) is 0 Å². The SMILES string of the molecule is C/C=C\CCCC.c1ccc(CCCCCC2CCCC2)cc1. The lowest BCUT2D eigenvalue weighted by Gasteiger charge is -2.07. The average molecular weight is 315 g/mol. The number of rotatable bonds is 9. The van der Waals surface area contributed by atoms with E-state index in [0.29, 0.717) is 0 Å². The highest BCUT2D eigenvalue weighted by molar-refractivity contribution is 5.14. The van der Waals surface area contributed by atoms with E-state index in [1.807, 2.05) is 0 Å². The van der Waals surface area contributed by atoms with Crippen molar-refractivity contribution in [2.24, 2.45) is 5.92 Å². The maximum atomic E-state index is 2.25.